The molecule has 0 aliphatic carbocycles. The monoisotopic (exact) mass is 217 g/mol. The fourth-order valence-corrected chi connectivity index (χ4v) is 1.01. The molecule has 0 aliphatic heterocycles. The van der Waals surface area contributed by atoms with E-state index in [4.69, 9.17) is 10.5 Å². The van der Waals surface area contributed by atoms with Crippen LogP contribution in [-0.4, -0.2) is 17.3 Å². The Hall–Kier alpha value is -2.10. The molecule has 2 N–H and O–H groups in total. The molecule has 1 aromatic heterocycles. The Kier molecular flexibility index (Phi) is 4.27. The van der Waals surface area contributed by atoms with Gasteiger partial charge in [-0.15, -0.1) is 0 Å². The maximum Gasteiger partial charge on any atom is 0.138 e. The van der Waals surface area contributed by atoms with Crippen molar-refractivity contribution in [2.45, 2.75) is 6.92 Å². The maximum atomic E-state index is 5.48. The largest absolute Gasteiger partial charge is 0.486 e. The first-order valence-electron chi connectivity index (χ1n) is 4.81. The number of rotatable bonds is 5. The van der Waals surface area contributed by atoms with E-state index in [2.05, 4.69) is 23.1 Å². The number of hydrogen-bond donors (Lipinski definition) is 1. The lowest BCUT2D eigenvalue weighted by atomic mass is 10.2. The fraction of sp³-hybridized carbons (Fsp3) is 0.167. The van der Waals surface area contributed by atoms with Crippen LogP contribution in [-0.2, 0) is 0 Å². The molecule has 0 amide bonds. The van der Waals surface area contributed by atoms with E-state index in [9.17, 15) is 0 Å². The number of nitrogens with two attached hydrogens (primary N) is 1. The number of aromatic nitrogens is 1. The Morgan fingerprint density at radius 2 is 2.38 bits per heavy atom. The third-order valence-electron chi connectivity index (χ3n) is 1.87. The Labute approximate surface area is 95.2 Å². The maximum absolute atomic E-state index is 5.48. The highest BCUT2D eigenvalue weighted by molar-refractivity contribution is 6.00. The van der Waals surface area contributed by atoms with Crippen LogP contribution in [0.1, 0.15) is 6.92 Å². The molecular weight excluding hydrogens is 202 g/mol. The normalized spacial score (nSPS) is 10.9. The van der Waals surface area contributed by atoms with Gasteiger partial charge in [0, 0.05) is 6.20 Å². The second-order valence-electron chi connectivity index (χ2n) is 3.25. The molecule has 0 unspecified atom stereocenters. The van der Waals surface area contributed by atoms with Crippen molar-refractivity contribution in [1.29, 1.82) is 0 Å². The highest BCUT2D eigenvalue weighted by atomic mass is 16.5. The van der Waals surface area contributed by atoms with Crippen LogP contribution in [0.5, 0.6) is 5.75 Å². The molecule has 4 heteroatoms. The van der Waals surface area contributed by atoms with E-state index < -0.39 is 0 Å². The second kappa shape index (κ2) is 5.70. The topological polar surface area (TPSA) is 60.5 Å². The number of pyridine rings is 1. The highest BCUT2D eigenvalue weighted by Crippen LogP contribution is 2.10. The molecule has 16 heavy (non-hydrogen) atoms. The van der Waals surface area contributed by atoms with Gasteiger partial charge in [-0.1, -0.05) is 13.2 Å². The number of nitrogens with zero attached hydrogens (tertiary/aromatic N) is 2. The first kappa shape index (κ1) is 12.0. The van der Waals surface area contributed by atoms with Crippen molar-refractivity contribution in [3.05, 3.63) is 43.3 Å². The van der Waals surface area contributed by atoms with Crippen molar-refractivity contribution in [1.82, 2.24) is 4.98 Å². The molecule has 0 radical (unpaired) electrons. The summed E-state index contributed by atoms with van der Waals surface area (Å²) in [4.78, 5) is 7.99. The molecule has 0 aromatic carbocycles. The number of hydrogen-bond acceptors (Lipinski definition) is 4. The summed E-state index contributed by atoms with van der Waals surface area (Å²) in [6, 6.07) is 3.44. The van der Waals surface area contributed by atoms with Gasteiger partial charge in [-0.05, 0) is 24.6 Å². The van der Waals surface area contributed by atoms with E-state index in [-0.39, 0.29) is 0 Å². The minimum absolute atomic E-state index is 0.340. The third kappa shape index (κ3) is 3.57. The first-order chi connectivity index (χ1) is 7.63. The summed E-state index contributed by atoms with van der Waals surface area (Å²) in [7, 11) is 0. The average molecular weight is 217 g/mol. The van der Waals surface area contributed by atoms with Crippen molar-refractivity contribution >= 4 is 11.5 Å². The van der Waals surface area contributed by atoms with Gasteiger partial charge in [0.25, 0.3) is 0 Å². The second-order valence-corrected chi connectivity index (χ2v) is 3.25. The van der Waals surface area contributed by atoms with E-state index in [1.54, 1.807) is 18.3 Å². The molecule has 4 nitrogen and oxygen atoms in total. The summed E-state index contributed by atoms with van der Waals surface area (Å²) in [5.41, 5.74) is 7.07. The Balaban J connectivity index is 2.62. The van der Waals surface area contributed by atoms with E-state index in [0.717, 1.165) is 11.3 Å². The van der Waals surface area contributed by atoms with Gasteiger partial charge in [-0.25, -0.2) is 4.98 Å². The number of anilines is 1. The van der Waals surface area contributed by atoms with Crippen LogP contribution in [0.4, 0.5) is 5.82 Å². The summed E-state index contributed by atoms with van der Waals surface area (Å²) in [5.74, 6) is 1.11. The zero-order valence-corrected chi connectivity index (χ0v) is 9.31. The number of nitrogen functional groups attached to an aromatic ring is 1. The lowest BCUT2D eigenvalue weighted by Crippen LogP contribution is -2.12. The minimum Gasteiger partial charge on any atom is -0.486 e. The molecule has 0 atom stereocenters. The van der Waals surface area contributed by atoms with Gasteiger partial charge >= 0.3 is 0 Å². The number of aliphatic imine (C=N–C) groups is 1. The first-order valence-corrected chi connectivity index (χ1v) is 4.81. The lowest BCUT2D eigenvalue weighted by Gasteiger charge is -2.07. The minimum atomic E-state index is 0.340. The highest BCUT2D eigenvalue weighted by Gasteiger charge is 2.01. The van der Waals surface area contributed by atoms with Crippen molar-refractivity contribution in [2.75, 3.05) is 12.3 Å². The molecule has 1 heterocycles. The van der Waals surface area contributed by atoms with E-state index in [1.807, 2.05) is 6.92 Å². The molecule has 0 fully saturated rings. The van der Waals surface area contributed by atoms with Gasteiger partial charge in [0.1, 0.15) is 18.2 Å². The van der Waals surface area contributed by atoms with Gasteiger partial charge in [-0.3, -0.25) is 4.99 Å². The smallest absolute Gasteiger partial charge is 0.138 e. The lowest BCUT2D eigenvalue weighted by molar-refractivity contribution is 0.375. The van der Waals surface area contributed by atoms with E-state index in [1.165, 1.54) is 6.20 Å². The van der Waals surface area contributed by atoms with Crippen molar-refractivity contribution in [2.24, 2.45) is 4.99 Å². The average Bonchev–Trinajstić information content (AvgIpc) is 2.26. The van der Waals surface area contributed by atoms with E-state index >= 15 is 0 Å². The zero-order chi connectivity index (χ0) is 12.0. The van der Waals surface area contributed by atoms with Gasteiger partial charge in [-0.2, -0.15) is 0 Å². The predicted molar refractivity (Wildman–Crippen MR) is 66.6 cm³/mol. The van der Waals surface area contributed by atoms with Crippen LogP contribution < -0.4 is 10.5 Å². The summed E-state index contributed by atoms with van der Waals surface area (Å²) >= 11 is 0. The number of ether oxygens (including phenoxy) is 1. The van der Waals surface area contributed by atoms with Crippen LogP contribution in [0.15, 0.2) is 48.3 Å². The predicted octanol–water partition coefficient (Wildman–Crippen LogP) is 2.20. The van der Waals surface area contributed by atoms with Crippen LogP contribution in [0, 0.1) is 0 Å². The summed E-state index contributed by atoms with van der Waals surface area (Å²) in [6.45, 7) is 9.55. The van der Waals surface area contributed by atoms with Crippen molar-refractivity contribution < 1.29 is 4.74 Å². The molecule has 0 saturated heterocycles. The standard InChI is InChI=1S/C12H15N3O/c1-4-14-11(9(2)3)8-16-10-5-6-12(13)15-7-10/h4-7H,1-2,8H2,3H3,(H2,13,15). The summed E-state index contributed by atoms with van der Waals surface area (Å²) in [5, 5.41) is 0. The van der Waals surface area contributed by atoms with Crippen molar-refractivity contribution in [3.8, 4) is 5.75 Å². The van der Waals surface area contributed by atoms with E-state index in [0.29, 0.717) is 18.2 Å². The molecule has 1 rings (SSSR count). The van der Waals surface area contributed by atoms with Gasteiger partial charge in [0.05, 0.1) is 11.9 Å². The van der Waals surface area contributed by atoms with Crippen LogP contribution in [0.3, 0.4) is 0 Å². The van der Waals surface area contributed by atoms with Crippen molar-refractivity contribution in [3.63, 3.8) is 0 Å². The Bertz CT molecular complexity index is 407. The fourth-order valence-electron chi connectivity index (χ4n) is 1.01. The van der Waals surface area contributed by atoms with Gasteiger partial charge < -0.3 is 10.5 Å². The molecule has 1 aromatic rings. The zero-order valence-electron chi connectivity index (χ0n) is 9.31. The third-order valence-corrected chi connectivity index (χ3v) is 1.87. The Morgan fingerprint density at radius 3 is 2.88 bits per heavy atom. The summed E-state index contributed by atoms with van der Waals surface area (Å²) in [6.07, 6.45) is 3.04. The van der Waals surface area contributed by atoms with Crippen LogP contribution >= 0.6 is 0 Å². The van der Waals surface area contributed by atoms with Gasteiger partial charge in [0.2, 0.25) is 0 Å². The van der Waals surface area contributed by atoms with Crippen LogP contribution in [0.2, 0.25) is 0 Å². The van der Waals surface area contributed by atoms with Gasteiger partial charge in [0.15, 0.2) is 0 Å². The molecule has 0 bridgehead atoms. The molecule has 0 saturated carbocycles. The van der Waals surface area contributed by atoms with Crippen LogP contribution in [0.25, 0.3) is 0 Å². The molecule has 0 spiro atoms. The summed E-state index contributed by atoms with van der Waals surface area (Å²) < 4.78 is 5.48. The Morgan fingerprint density at radius 1 is 1.62 bits per heavy atom. The molecular formula is C12H15N3O. The molecule has 84 valence electrons. The molecule has 0 aliphatic rings. The quantitative estimate of drug-likeness (QED) is 0.769. The SMILES string of the molecule is C=CN=C(COc1ccc(N)nc1)C(=C)C.